The summed E-state index contributed by atoms with van der Waals surface area (Å²) in [5.41, 5.74) is 0.998. The number of hydrogen-bond donors (Lipinski definition) is 2. The third kappa shape index (κ3) is 6.38. The number of anilines is 1. The van der Waals surface area contributed by atoms with Crippen LogP contribution in [-0.2, 0) is 27.8 Å². The van der Waals surface area contributed by atoms with Gasteiger partial charge in [0.25, 0.3) is 10.2 Å². The molecular formula is C23H24ClN3O7S. The fourth-order valence-electron chi connectivity index (χ4n) is 3.35. The summed E-state index contributed by atoms with van der Waals surface area (Å²) < 4.78 is 38.9. The highest BCUT2D eigenvalue weighted by Crippen LogP contribution is 2.33. The van der Waals surface area contributed by atoms with Crippen molar-refractivity contribution in [3.63, 3.8) is 0 Å². The molecule has 1 aromatic heterocycles. The second-order valence-electron chi connectivity index (χ2n) is 7.95. The molecule has 0 aliphatic heterocycles. The number of carbonyl (C=O) groups excluding carboxylic acids is 2. The number of benzene rings is 2. The lowest BCUT2D eigenvalue weighted by molar-refractivity contribution is -0.116. The molecule has 2 N–H and O–H groups in total. The van der Waals surface area contributed by atoms with Crippen LogP contribution in [-0.4, -0.2) is 46.3 Å². The van der Waals surface area contributed by atoms with Crippen LogP contribution in [0.15, 0.2) is 45.6 Å². The molecule has 10 nitrogen and oxygen atoms in total. The molecular weight excluding hydrogens is 498 g/mol. The molecule has 3 aromatic rings. The lowest BCUT2D eigenvalue weighted by atomic mass is 9.95. The monoisotopic (exact) mass is 521 g/mol. The van der Waals surface area contributed by atoms with E-state index < -0.39 is 21.9 Å². The van der Waals surface area contributed by atoms with Gasteiger partial charge in [0.2, 0.25) is 0 Å². The van der Waals surface area contributed by atoms with Gasteiger partial charge in [0.1, 0.15) is 11.4 Å². The molecule has 0 bridgehead atoms. The van der Waals surface area contributed by atoms with Crippen molar-refractivity contribution in [2.75, 3.05) is 25.9 Å². The Balaban J connectivity index is 2.11. The van der Waals surface area contributed by atoms with E-state index in [1.54, 1.807) is 24.3 Å². The van der Waals surface area contributed by atoms with Crippen LogP contribution in [0.1, 0.15) is 23.6 Å². The van der Waals surface area contributed by atoms with Gasteiger partial charge in [-0.2, -0.15) is 8.42 Å². The van der Waals surface area contributed by atoms with Gasteiger partial charge in [-0.25, -0.2) is 14.3 Å². The highest BCUT2D eigenvalue weighted by molar-refractivity contribution is 7.90. The Morgan fingerprint density at radius 2 is 1.86 bits per heavy atom. The maximum atomic E-state index is 13.0. The van der Waals surface area contributed by atoms with Crippen molar-refractivity contribution >= 4 is 50.3 Å². The van der Waals surface area contributed by atoms with Crippen LogP contribution in [0.25, 0.3) is 11.0 Å². The fourth-order valence-corrected chi connectivity index (χ4v) is 4.09. The first-order chi connectivity index (χ1) is 16.4. The predicted molar refractivity (Wildman–Crippen MR) is 132 cm³/mol. The number of amides is 1. The Morgan fingerprint density at radius 3 is 2.49 bits per heavy atom. The van der Waals surface area contributed by atoms with E-state index in [0.717, 1.165) is 0 Å². The molecule has 0 unspecified atom stereocenters. The number of carbonyl (C=O) groups is 2. The van der Waals surface area contributed by atoms with Crippen molar-refractivity contribution in [1.29, 1.82) is 0 Å². The largest absolute Gasteiger partial charge is 0.422 e. The predicted octanol–water partition coefficient (Wildman–Crippen LogP) is 3.11. The van der Waals surface area contributed by atoms with E-state index >= 15 is 0 Å². The van der Waals surface area contributed by atoms with Gasteiger partial charge in [-0.1, -0.05) is 23.7 Å². The van der Waals surface area contributed by atoms with Crippen molar-refractivity contribution in [3.05, 3.63) is 68.5 Å². The molecule has 35 heavy (non-hydrogen) atoms. The maximum absolute atomic E-state index is 13.0. The molecule has 0 aliphatic rings. The molecule has 0 radical (unpaired) electrons. The minimum absolute atomic E-state index is 0.00654. The van der Waals surface area contributed by atoms with E-state index in [9.17, 15) is 22.8 Å². The third-order valence-corrected chi connectivity index (χ3v) is 6.33. The summed E-state index contributed by atoms with van der Waals surface area (Å²) in [5, 5.41) is 0.525. The van der Waals surface area contributed by atoms with Gasteiger partial charge >= 0.3 is 11.7 Å². The van der Waals surface area contributed by atoms with Crippen molar-refractivity contribution < 1.29 is 27.2 Å². The Bertz CT molecular complexity index is 1470. The number of hydrogen-bond acceptors (Lipinski definition) is 7. The summed E-state index contributed by atoms with van der Waals surface area (Å²) in [7, 11) is 0.566. The van der Waals surface area contributed by atoms with Gasteiger partial charge in [0.05, 0.1) is 10.7 Å². The van der Waals surface area contributed by atoms with Gasteiger partial charge in [0, 0.05) is 51.0 Å². The average Bonchev–Trinajstić information content (AvgIpc) is 2.77. The first kappa shape index (κ1) is 26.2. The van der Waals surface area contributed by atoms with Crippen LogP contribution >= 0.6 is 11.6 Å². The minimum atomic E-state index is -3.72. The lowest BCUT2D eigenvalue weighted by Gasteiger charge is -2.15. The zero-order chi connectivity index (χ0) is 25.9. The molecule has 0 atom stereocenters. The Kier molecular flexibility index (Phi) is 7.83. The molecule has 1 heterocycles. The summed E-state index contributed by atoms with van der Waals surface area (Å²) in [5.74, 6) is -0.181. The Hall–Kier alpha value is -3.41. The summed E-state index contributed by atoms with van der Waals surface area (Å²) in [6.07, 6.45) is -0.648. The number of ketones is 1. The number of fused-ring (bicyclic) bond motifs is 1. The SMILES string of the molecule is CNS(=O)(=O)Nc1cccc(Cc2c(CC(C)=O)c3cc(Cl)c(OC(=O)N(C)C)cc3oc2=O)c1. The minimum Gasteiger partial charge on any atom is -0.422 e. The third-order valence-electron chi connectivity index (χ3n) is 4.99. The molecule has 0 saturated heterocycles. The van der Waals surface area contributed by atoms with E-state index in [4.69, 9.17) is 20.8 Å². The molecule has 12 heteroatoms. The first-order valence-corrected chi connectivity index (χ1v) is 12.2. The van der Waals surface area contributed by atoms with Gasteiger partial charge in [-0.3, -0.25) is 9.52 Å². The van der Waals surface area contributed by atoms with Crippen LogP contribution in [0, 0.1) is 0 Å². The van der Waals surface area contributed by atoms with E-state index in [-0.39, 0.29) is 40.5 Å². The van der Waals surface area contributed by atoms with E-state index in [0.29, 0.717) is 22.2 Å². The van der Waals surface area contributed by atoms with Crippen molar-refractivity contribution in [2.24, 2.45) is 0 Å². The summed E-state index contributed by atoms with van der Waals surface area (Å²) in [6.45, 7) is 1.40. The highest BCUT2D eigenvalue weighted by atomic mass is 35.5. The smallest absolute Gasteiger partial charge is 0.414 e. The quantitative estimate of drug-likeness (QED) is 0.435. The molecule has 0 aliphatic carbocycles. The summed E-state index contributed by atoms with van der Waals surface area (Å²) >= 11 is 6.34. The molecule has 0 fully saturated rings. The van der Waals surface area contributed by atoms with E-state index in [1.807, 2.05) is 0 Å². The topological polar surface area (TPSA) is 135 Å². The molecule has 186 valence electrons. The Morgan fingerprint density at radius 1 is 1.14 bits per heavy atom. The summed E-state index contributed by atoms with van der Waals surface area (Å²) in [6, 6.07) is 9.31. The number of halogens is 1. The van der Waals surface area contributed by atoms with Crippen LogP contribution in [0.4, 0.5) is 10.5 Å². The fraction of sp³-hybridized carbons (Fsp3) is 0.261. The maximum Gasteiger partial charge on any atom is 0.414 e. The highest BCUT2D eigenvalue weighted by Gasteiger charge is 2.20. The normalized spacial score (nSPS) is 11.3. The summed E-state index contributed by atoms with van der Waals surface area (Å²) in [4.78, 5) is 38.2. The molecule has 0 spiro atoms. The Labute approximate surface area is 207 Å². The number of ether oxygens (including phenoxy) is 1. The molecule has 3 rings (SSSR count). The second-order valence-corrected chi connectivity index (χ2v) is 9.98. The first-order valence-electron chi connectivity index (χ1n) is 10.4. The zero-order valence-electron chi connectivity index (χ0n) is 19.5. The average molecular weight is 522 g/mol. The van der Waals surface area contributed by atoms with Gasteiger partial charge in [-0.15, -0.1) is 0 Å². The number of nitrogens with zero attached hydrogens (tertiary/aromatic N) is 1. The van der Waals surface area contributed by atoms with Crippen molar-refractivity contribution in [1.82, 2.24) is 9.62 Å². The van der Waals surface area contributed by atoms with Gasteiger partial charge in [-0.05, 0) is 36.2 Å². The van der Waals surface area contributed by atoms with Crippen LogP contribution < -0.4 is 19.8 Å². The zero-order valence-corrected chi connectivity index (χ0v) is 21.0. The lowest BCUT2D eigenvalue weighted by Crippen LogP contribution is -2.26. The van der Waals surface area contributed by atoms with Gasteiger partial charge < -0.3 is 14.1 Å². The number of Topliss-reactive ketones (excluding diaryl/α,β-unsaturated/α-hetero) is 1. The van der Waals surface area contributed by atoms with Crippen LogP contribution in [0.5, 0.6) is 5.75 Å². The van der Waals surface area contributed by atoms with E-state index in [1.165, 1.54) is 45.1 Å². The van der Waals surface area contributed by atoms with Crippen LogP contribution in [0.2, 0.25) is 5.02 Å². The molecule has 2 aromatic carbocycles. The number of rotatable bonds is 8. The van der Waals surface area contributed by atoms with E-state index in [2.05, 4.69) is 9.44 Å². The number of nitrogens with one attached hydrogen (secondary N) is 2. The van der Waals surface area contributed by atoms with Crippen molar-refractivity contribution in [3.8, 4) is 5.75 Å². The van der Waals surface area contributed by atoms with Gasteiger partial charge in [0.15, 0.2) is 5.75 Å². The standard InChI is InChI=1S/C23H24ClN3O7S/c1-13(28)8-16-17-11-19(24)21(34-23(30)27(3)4)12-20(17)33-22(29)18(16)10-14-6-5-7-15(9-14)26-35(31,32)25-2/h5-7,9,11-12,25-26H,8,10H2,1-4H3. The molecule has 0 saturated carbocycles. The molecule has 1 amide bonds. The second kappa shape index (κ2) is 10.5. The van der Waals surface area contributed by atoms with Crippen LogP contribution in [0.3, 0.4) is 0 Å². The van der Waals surface area contributed by atoms with Crippen molar-refractivity contribution in [2.45, 2.75) is 19.8 Å².